The van der Waals surface area contributed by atoms with Crippen molar-refractivity contribution in [1.82, 2.24) is 0 Å². The molecule has 0 aromatic rings. The van der Waals surface area contributed by atoms with Crippen molar-refractivity contribution in [3.8, 4) is 0 Å². The van der Waals surface area contributed by atoms with Gasteiger partial charge in [-0.2, -0.15) is 0 Å². The maximum atomic E-state index is 11.8. The van der Waals surface area contributed by atoms with Gasteiger partial charge in [0.2, 0.25) is 6.10 Å². The van der Waals surface area contributed by atoms with Crippen LogP contribution in [0.15, 0.2) is 0 Å². The minimum absolute atomic E-state index is 0.274. The Hall–Kier alpha value is -1.71. The average molecular weight is 304 g/mol. The summed E-state index contributed by atoms with van der Waals surface area (Å²) in [6, 6.07) is 0. The lowest BCUT2D eigenvalue weighted by Crippen LogP contribution is -2.55. The molecule has 21 heavy (non-hydrogen) atoms. The van der Waals surface area contributed by atoms with E-state index >= 15 is 0 Å². The number of cyclic esters (lactones) is 1. The van der Waals surface area contributed by atoms with Gasteiger partial charge in [-0.1, -0.05) is 6.92 Å². The van der Waals surface area contributed by atoms with Crippen molar-refractivity contribution in [3.05, 3.63) is 0 Å². The fraction of sp³-hybridized carbons (Fsp3) is 0.750. The summed E-state index contributed by atoms with van der Waals surface area (Å²) >= 11 is 0. The molecule has 2 bridgehead atoms. The van der Waals surface area contributed by atoms with Gasteiger partial charge in [0.05, 0.1) is 18.9 Å². The summed E-state index contributed by atoms with van der Waals surface area (Å²) in [4.78, 5) is 35.2. The van der Waals surface area contributed by atoms with Crippen LogP contribution in [-0.4, -0.2) is 57.0 Å². The molecule has 9 heteroatoms. The van der Waals surface area contributed by atoms with E-state index in [1.165, 1.54) is 0 Å². The van der Waals surface area contributed by atoms with Crippen LogP contribution in [0.3, 0.4) is 0 Å². The topological polar surface area (TPSA) is 140 Å². The maximum absolute atomic E-state index is 11.8. The molecule has 0 aliphatic carbocycles. The van der Waals surface area contributed by atoms with Gasteiger partial charge in [0, 0.05) is 6.42 Å². The summed E-state index contributed by atoms with van der Waals surface area (Å²) in [6.07, 6.45) is -4.25. The molecule has 4 atom stereocenters. The van der Waals surface area contributed by atoms with Crippen molar-refractivity contribution >= 4 is 17.9 Å². The molecule has 0 radical (unpaired) electrons. The number of fused-ring (bicyclic) bond motifs is 3. The molecule has 4 unspecified atom stereocenters. The van der Waals surface area contributed by atoms with Crippen LogP contribution in [0.2, 0.25) is 0 Å². The van der Waals surface area contributed by atoms with Gasteiger partial charge < -0.3 is 29.5 Å². The summed E-state index contributed by atoms with van der Waals surface area (Å²) in [5.41, 5.74) is -2.44. The summed E-state index contributed by atoms with van der Waals surface area (Å²) in [7, 11) is 0. The quantitative estimate of drug-likeness (QED) is 0.522. The first-order chi connectivity index (χ1) is 9.68. The molecule has 2 aliphatic heterocycles. The highest BCUT2D eigenvalue weighted by molar-refractivity contribution is 5.91. The molecule has 2 heterocycles. The van der Waals surface area contributed by atoms with Gasteiger partial charge >= 0.3 is 23.9 Å². The predicted octanol–water partition coefficient (Wildman–Crippen LogP) is -1.67. The Morgan fingerprint density at radius 1 is 1.19 bits per heavy atom. The van der Waals surface area contributed by atoms with E-state index in [0.29, 0.717) is 0 Å². The lowest BCUT2D eigenvalue weighted by molar-refractivity contribution is -0.364. The summed E-state index contributed by atoms with van der Waals surface area (Å²) in [5, 5.41) is 29.8. The number of aliphatic hydroxyl groups excluding tert-OH is 1. The van der Waals surface area contributed by atoms with E-state index in [4.69, 9.17) is 4.74 Å². The molecule has 2 rings (SSSR count). The minimum atomic E-state index is -2.87. The van der Waals surface area contributed by atoms with E-state index in [1.54, 1.807) is 6.92 Å². The molecule has 118 valence electrons. The standard InChI is InChI=1S/C12H16O9/c1-2-6(13)3-7-12(18)20-9(15)5-11(17,10(16)21-12)4-8(14)19-7/h6-7,13,17-18H,2-5H2,1H3. The molecule has 0 spiro atoms. The number of carbonyl (C=O) groups excluding carboxylic acids is 3. The third-order valence-electron chi connectivity index (χ3n) is 3.39. The number of hydrogen-bond donors (Lipinski definition) is 3. The van der Waals surface area contributed by atoms with Crippen molar-refractivity contribution in [2.75, 3.05) is 0 Å². The second kappa shape index (κ2) is 5.24. The smallest absolute Gasteiger partial charge is 0.413 e. The summed E-state index contributed by atoms with van der Waals surface area (Å²) < 4.78 is 14.1. The monoisotopic (exact) mass is 304 g/mol. The van der Waals surface area contributed by atoms with Crippen molar-refractivity contribution in [2.24, 2.45) is 0 Å². The van der Waals surface area contributed by atoms with Crippen molar-refractivity contribution in [3.63, 3.8) is 0 Å². The number of carbonyl (C=O) groups is 3. The maximum Gasteiger partial charge on any atom is 0.413 e. The number of ether oxygens (including phenoxy) is 3. The normalized spacial score (nSPS) is 37.7. The molecule has 3 N–H and O–H groups in total. The Bertz CT molecular complexity index is 475. The van der Waals surface area contributed by atoms with Crippen LogP contribution in [0, 0.1) is 0 Å². The van der Waals surface area contributed by atoms with Gasteiger partial charge in [-0.25, -0.2) is 4.79 Å². The first-order valence-corrected chi connectivity index (χ1v) is 6.46. The molecule has 0 aromatic carbocycles. The van der Waals surface area contributed by atoms with E-state index in [2.05, 4.69) is 9.47 Å². The Morgan fingerprint density at radius 2 is 1.81 bits per heavy atom. The van der Waals surface area contributed by atoms with E-state index in [-0.39, 0.29) is 12.8 Å². The first-order valence-electron chi connectivity index (χ1n) is 6.46. The van der Waals surface area contributed by atoms with E-state index < -0.39 is 54.5 Å². The summed E-state index contributed by atoms with van der Waals surface area (Å²) in [6.45, 7) is 1.64. The highest BCUT2D eigenvalue weighted by atomic mass is 16.9. The van der Waals surface area contributed by atoms with Gasteiger partial charge in [-0.15, -0.1) is 0 Å². The molecule has 0 amide bonds. The third-order valence-corrected chi connectivity index (χ3v) is 3.39. The van der Waals surface area contributed by atoms with Gasteiger partial charge in [0.25, 0.3) is 0 Å². The average Bonchev–Trinajstić information content (AvgIpc) is 2.41. The third kappa shape index (κ3) is 2.99. The van der Waals surface area contributed by atoms with Crippen molar-refractivity contribution < 1.29 is 43.9 Å². The van der Waals surface area contributed by atoms with Crippen LogP contribution in [-0.2, 0) is 28.6 Å². The molecule has 2 saturated heterocycles. The molecule has 0 aromatic heterocycles. The zero-order valence-corrected chi connectivity index (χ0v) is 11.3. The van der Waals surface area contributed by atoms with E-state index in [1.807, 2.05) is 0 Å². The van der Waals surface area contributed by atoms with Crippen LogP contribution < -0.4 is 0 Å². The van der Waals surface area contributed by atoms with Crippen LogP contribution in [0.5, 0.6) is 0 Å². The Morgan fingerprint density at radius 3 is 2.43 bits per heavy atom. The molecular formula is C12H16O9. The predicted molar refractivity (Wildman–Crippen MR) is 62.1 cm³/mol. The zero-order chi connectivity index (χ0) is 15.8. The first kappa shape index (κ1) is 15.7. The molecule has 9 nitrogen and oxygen atoms in total. The van der Waals surface area contributed by atoms with Crippen LogP contribution >= 0.6 is 0 Å². The van der Waals surface area contributed by atoms with Crippen LogP contribution in [0.4, 0.5) is 0 Å². The summed E-state index contributed by atoms with van der Waals surface area (Å²) in [5.74, 6) is -6.37. The van der Waals surface area contributed by atoms with Crippen molar-refractivity contribution in [2.45, 2.75) is 56.4 Å². The lowest BCUT2D eigenvalue weighted by atomic mass is 9.95. The number of aliphatic hydroxyl groups is 3. The number of esters is 3. The highest BCUT2D eigenvalue weighted by Gasteiger charge is 2.59. The fourth-order valence-corrected chi connectivity index (χ4v) is 2.15. The molecule has 2 aliphatic rings. The minimum Gasteiger partial charge on any atom is -0.451 e. The van der Waals surface area contributed by atoms with E-state index in [9.17, 15) is 29.7 Å². The fourth-order valence-electron chi connectivity index (χ4n) is 2.15. The van der Waals surface area contributed by atoms with Gasteiger partial charge in [0.1, 0.15) is 0 Å². The van der Waals surface area contributed by atoms with Gasteiger partial charge in [-0.05, 0) is 6.42 Å². The SMILES string of the molecule is CCC(O)CC1OC(=O)CC2(O)CC(=O)OC1(O)OC2=O. The lowest BCUT2D eigenvalue weighted by Gasteiger charge is -2.35. The van der Waals surface area contributed by atoms with E-state index in [0.717, 1.165) is 0 Å². The largest absolute Gasteiger partial charge is 0.451 e. The van der Waals surface area contributed by atoms with Gasteiger partial charge in [0.15, 0.2) is 5.60 Å². The van der Waals surface area contributed by atoms with Crippen molar-refractivity contribution in [1.29, 1.82) is 0 Å². The Kier molecular flexibility index (Phi) is 3.91. The molecule has 2 fully saturated rings. The van der Waals surface area contributed by atoms with Crippen LogP contribution in [0.1, 0.15) is 32.6 Å². The van der Waals surface area contributed by atoms with Gasteiger partial charge in [-0.3, -0.25) is 9.59 Å². The zero-order valence-electron chi connectivity index (χ0n) is 11.3. The highest BCUT2D eigenvalue weighted by Crippen LogP contribution is 2.35. The number of hydrogen-bond acceptors (Lipinski definition) is 9. The second-order valence-electron chi connectivity index (χ2n) is 5.16. The van der Waals surface area contributed by atoms with Crippen LogP contribution in [0.25, 0.3) is 0 Å². The molecule has 0 saturated carbocycles. The number of rotatable bonds is 3. The second-order valence-corrected chi connectivity index (χ2v) is 5.16. The molecular weight excluding hydrogens is 288 g/mol. The Labute approximate surface area is 119 Å². The Balaban J connectivity index is 2.39.